The predicted molar refractivity (Wildman–Crippen MR) is 92.6 cm³/mol. The minimum absolute atomic E-state index is 0.529. The molecule has 5 heteroatoms. The number of nitrogens with zero attached hydrogens (tertiary/aromatic N) is 1. The first kappa shape index (κ1) is 19.1. The highest BCUT2D eigenvalue weighted by Gasteiger charge is 2.06. The summed E-state index contributed by atoms with van der Waals surface area (Å²) in [5.74, 6) is 0. The number of hydrogen-bond acceptors (Lipinski definition) is 5. The van der Waals surface area contributed by atoms with Gasteiger partial charge in [0.1, 0.15) is 13.2 Å². The topological polar surface area (TPSA) is 40.2 Å². The maximum Gasteiger partial charge on any atom is 0.111 e. The molecular formula is C18H27NO4. The van der Waals surface area contributed by atoms with E-state index in [0.29, 0.717) is 39.6 Å². The number of anilines is 1. The molecule has 0 aromatic heterocycles. The Balaban J connectivity index is 2.29. The van der Waals surface area contributed by atoms with Crippen LogP contribution < -0.4 is 4.90 Å². The molecule has 1 rings (SSSR count). The molecule has 0 heterocycles. The van der Waals surface area contributed by atoms with E-state index in [9.17, 15) is 0 Å². The van der Waals surface area contributed by atoms with Crippen molar-refractivity contribution in [2.45, 2.75) is 0 Å². The van der Waals surface area contributed by atoms with Crippen LogP contribution in [-0.4, -0.2) is 52.7 Å². The van der Waals surface area contributed by atoms with Gasteiger partial charge in [0.15, 0.2) is 0 Å². The van der Waals surface area contributed by atoms with E-state index in [1.807, 2.05) is 18.2 Å². The van der Waals surface area contributed by atoms with Crippen LogP contribution in [0.25, 0.3) is 0 Å². The molecule has 0 bridgehead atoms. The summed E-state index contributed by atoms with van der Waals surface area (Å²) in [4.78, 5) is 2.24. The Morgan fingerprint density at radius 3 is 1.74 bits per heavy atom. The third kappa shape index (κ3) is 9.60. The highest BCUT2D eigenvalue weighted by Crippen LogP contribution is 2.12. The molecule has 0 saturated carbocycles. The lowest BCUT2D eigenvalue weighted by Crippen LogP contribution is -2.31. The second-order valence-corrected chi connectivity index (χ2v) is 4.62. The minimum Gasteiger partial charge on any atom is -0.499 e. The molecule has 5 nitrogen and oxygen atoms in total. The van der Waals surface area contributed by atoms with Crippen LogP contribution in [0.1, 0.15) is 0 Å². The van der Waals surface area contributed by atoms with Crippen molar-refractivity contribution in [1.82, 2.24) is 0 Å². The van der Waals surface area contributed by atoms with Gasteiger partial charge in [0.05, 0.1) is 39.0 Å². The Kier molecular flexibility index (Phi) is 11.3. The van der Waals surface area contributed by atoms with Crippen molar-refractivity contribution >= 4 is 5.69 Å². The van der Waals surface area contributed by atoms with Crippen LogP contribution in [-0.2, 0) is 18.9 Å². The van der Waals surface area contributed by atoms with Gasteiger partial charge in [-0.25, -0.2) is 0 Å². The first-order chi connectivity index (χ1) is 11.4. The van der Waals surface area contributed by atoms with Crippen molar-refractivity contribution in [3.63, 3.8) is 0 Å². The van der Waals surface area contributed by atoms with Gasteiger partial charge in [-0.05, 0) is 12.1 Å². The van der Waals surface area contributed by atoms with E-state index in [-0.39, 0.29) is 0 Å². The Morgan fingerprint density at radius 1 is 0.739 bits per heavy atom. The van der Waals surface area contributed by atoms with Crippen molar-refractivity contribution in [1.29, 1.82) is 0 Å². The molecule has 0 N–H and O–H groups in total. The first-order valence-electron chi connectivity index (χ1n) is 7.79. The fraction of sp³-hybridized carbons (Fsp3) is 0.444. The predicted octanol–water partition coefficient (Wildman–Crippen LogP) is 2.85. The van der Waals surface area contributed by atoms with Gasteiger partial charge < -0.3 is 23.8 Å². The molecule has 1 aromatic rings. The van der Waals surface area contributed by atoms with Gasteiger partial charge >= 0.3 is 0 Å². The molecule has 0 atom stereocenters. The van der Waals surface area contributed by atoms with Gasteiger partial charge in [0, 0.05) is 18.8 Å². The highest BCUT2D eigenvalue weighted by atomic mass is 16.5. The van der Waals surface area contributed by atoms with E-state index in [1.165, 1.54) is 12.5 Å². The van der Waals surface area contributed by atoms with Crippen molar-refractivity contribution in [2.24, 2.45) is 0 Å². The van der Waals surface area contributed by atoms with Crippen LogP contribution in [0.2, 0.25) is 0 Å². The standard InChI is InChI=1S/C18H27NO4/c1-3-20-14-16-22-12-10-19(18-8-6-5-7-9-18)11-13-23-17-15-21-4-2/h3-9H,1-2,10-17H2. The van der Waals surface area contributed by atoms with E-state index >= 15 is 0 Å². The van der Waals surface area contributed by atoms with Crippen molar-refractivity contribution in [2.75, 3.05) is 57.6 Å². The van der Waals surface area contributed by atoms with Crippen LogP contribution in [0, 0.1) is 0 Å². The molecule has 0 saturated heterocycles. The fourth-order valence-corrected chi connectivity index (χ4v) is 1.94. The van der Waals surface area contributed by atoms with Crippen LogP contribution in [0.4, 0.5) is 5.69 Å². The van der Waals surface area contributed by atoms with Gasteiger partial charge in [-0.1, -0.05) is 31.4 Å². The van der Waals surface area contributed by atoms with Crippen molar-refractivity contribution in [3.05, 3.63) is 56.0 Å². The molecule has 0 unspecified atom stereocenters. The van der Waals surface area contributed by atoms with Crippen molar-refractivity contribution < 1.29 is 18.9 Å². The number of hydrogen-bond donors (Lipinski definition) is 0. The Labute approximate surface area is 139 Å². The molecule has 0 aliphatic heterocycles. The lowest BCUT2D eigenvalue weighted by atomic mass is 10.3. The summed E-state index contributed by atoms with van der Waals surface area (Å²) in [5, 5.41) is 0. The summed E-state index contributed by atoms with van der Waals surface area (Å²) in [6.45, 7) is 12.0. The lowest BCUT2D eigenvalue weighted by molar-refractivity contribution is 0.0816. The van der Waals surface area contributed by atoms with Crippen LogP contribution in [0.15, 0.2) is 56.0 Å². The van der Waals surface area contributed by atoms with E-state index in [0.717, 1.165) is 18.8 Å². The normalized spacial score (nSPS) is 10.1. The van der Waals surface area contributed by atoms with E-state index in [2.05, 4.69) is 30.2 Å². The number of benzene rings is 1. The van der Waals surface area contributed by atoms with Crippen LogP contribution in [0.5, 0.6) is 0 Å². The molecule has 0 spiro atoms. The molecule has 0 radical (unpaired) electrons. The number of ether oxygens (including phenoxy) is 4. The average Bonchev–Trinajstić information content (AvgIpc) is 2.60. The summed E-state index contributed by atoms with van der Waals surface area (Å²) in [5.41, 5.74) is 1.16. The molecule has 23 heavy (non-hydrogen) atoms. The first-order valence-corrected chi connectivity index (χ1v) is 7.79. The Hall–Kier alpha value is -1.98. The fourth-order valence-electron chi connectivity index (χ4n) is 1.94. The summed E-state index contributed by atoms with van der Waals surface area (Å²) >= 11 is 0. The molecule has 0 fully saturated rings. The minimum atomic E-state index is 0.529. The quantitative estimate of drug-likeness (QED) is 0.367. The molecule has 0 aliphatic rings. The van der Waals surface area contributed by atoms with Crippen LogP contribution >= 0.6 is 0 Å². The average molecular weight is 321 g/mol. The number of para-hydroxylation sites is 1. The van der Waals surface area contributed by atoms with E-state index < -0.39 is 0 Å². The highest BCUT2D eigenvalue weighted by molar-refractivity contribution is 5.45. The summed E-state index contributed by atoms with van der Waals surface area (Å²) in [6, 6.07) is 10.2. The summed E-state index contributed by atoms with van der Waals surface area (Å²) in [6.07, 6.45) is 2.85. The molecule has 128 valence electrons. The molecule has 0 aliphatic carbocycles. The SMILES string of the molecule is C=COCCOCCN(CCOCCOC=C)c1ccccc1. The maximum atomic E-state index is 5.56. The molecule has 1 aromatic carbocycles. The number of rotatable bonds is 15. The third-order valence-corrected chi connectivity index (χ3v) is 3.06. The summed E-state index contributed by atoms with van der Waals surface area (Å²) in [7, 11) is 0. The van der Waals surface area contributed by atoms with E-state index in [4.69, 9.17) is 18.9 Å². The smallest absolute Gasteiger partial charge is 0.111 e. The second-order valence-electron chi connectivity index (χ2n) is 4.62. The molecular weight excluding hydrogens is 294 g/mol. The third-order valence-electron chi connectivity index (χ3n) is 3.06. The zero-order valence-corrected chi connectivity index (χ0v) is 13.7. The summed E-state index contributed by atoms with van der Waals surface area (Å²) < 4.78 is 21.2. The Morgan fingerprint density at radius 2 is 1.26 bits per heavy atom. The monoisotopic (exact) mass is 321 g/mol. The zero-order chi connectivity index (χ0) is 16.6. The molecule has 0 amide bonds. The van der Waals surface area contributed by atoms with Crippen molar-refractivity contribution in [3.8, 4) is 0 Å². The van der Waals surface area contributed by atoms with Gasteiger partial charge in [-0.15, -0.1) is 0 Å². The maximum absolute atomic E-state index is 5.56. The lowest BCUT2D eigenvalue weighted by Gasteiger charge is -2.24. The van der Waals surface area contributed by atoms with Gasteiger partial charge in [0.25, 0.3) is 0 Å². The zero-order valence-electron chi connectivity index (χ0n) is 13.7. The largest absolute Gasteiger partial charge is 0.499 e. The second kappa shape index (κ2) is 13.7. The Bertz CT molecular complexity index is 391. The van der Waals surface area contributed by atoms with Gasteiger partial charge in [-0.3, -0.25) is 0 Å². The van der Waals surface area contributed by atoms with E-state index in [1.54, 1.807) is 0 Å². The van der Waals surface area contributed by atoms with Gasteiger partial charge in [-0.2, -0.15) is 0 Å². The van der Waals surface area contributed by atoms with Crippen LogP contribution in [0.3, 0.4) is 0 Å². The van der Waals surface area contributed by atoms with Gasteiger partial charge in [0.2, 0.25) is 0 Å².